The van der Waals surface area contributed by atoms with Crippen molar-refractivity contribution in [3.63, 3.8) is 0 Å². The quantitative estimate of drug-likeness (QED) is 0.792. The molecule has 1 aromatic heterocycles. The van der Waals surface area contributed by atoms with Gasteiger partial charge < -0.3 is 19.8 Å². The number of furan rings is 1. The number of nitrogens with one attached hydrogen (secondary N) is 2. The first kappa shape index (κ1) is 14.6. The Hall–Kier alpha value is -1.49. The fraction of sp³-hybridized carbons (Fsp3) is 0.615. The zero-order valence-electron chi connectivity index (χ0n) is 11.4. The Morgan fingerprint density at radius 1 is 1.44 bits per heavy atom. The van der Waals surface area contributed by atoms with Gasteiger partial charge in [0, 0.05) is 13.1 Å². The summed E-state index contributed by atoms with van der Waals surface area (Å²) in [5.41, 5.74) is -0.459. The van der Waals surface area contributed by atoms with Crippen molar-refractivity contribution in [2.24, 2.45) is 0 Å². The van der Waals surface area contributed by atoms with Crippen LogP contribution in [0.15, 0.2) is 22.8 Å². The molecule has 0 saturated heterocycles. The molecule has 0 fully saturated rings. The Morgan fingerprint density at radius 2 is 2.17 bits per heavy atom. The summed E-state index contributed by atoms with van der Waals surface area (Å²) >= 11 is 0. The van der Waals surface area contributed by atoms with E-state index in [0.717, 1.165) is 5.76 Å². The molecular weight excluding hydrogens is 232 g/mol. The molecule has 1 aromatic rings. The molecule has 0 bridgehead atoms. The van der Waals surface area contributed by atoms with E-state index in [1.54, 1.807) is 6.26 Å². The summed E-state index contributed by atoms with van der Waals surface area (Å²) in [4.78, 5) is 11.4. The average Bonchev–Trinajstić information content (AvgIpc) is 2.74. The van der Waals surface area contributed by atoms with Gasteiger partial charge in [0.15, 0.2) is 0 Å². The zero-order valence-corrected chi connectivity index (χ0v) is 11.4. The number of hydrogen-bond acceptors (Lipinski definition) is 4. The first-order valence-corrected chi connectivity index (χ1v) is 6.12. The Morgan fingerprint density at radius 3 is 2.72 bits per heavy atom. The largest absolute Gasteiger partial charge is 0.468 e. The van der Waals surface area contributed by atoms with Crippen LogP contribution < -0.4 is 10.6 Å². The van der Waals surface area contributed by atoms with Crippen LogP contribution in [0.2, 0.25) is 0 Å². The van der Waals surface area contributed by atoms with Crippen molar-refractivity contribution in [2.45, 2.75) is 39.3 Å². The van der Waals surface area contributed by atoms with Crippen LogP contribution in [-0.4, -0.2) is 24.8 Å². The Bertz CT molecular complexity index is 355. The highest BCUT2D eigenvalue weighted by Crippen LogP contribution is 2.11. The number of rotatable bonds is 5. The van der Waals surface area contributed by atoms with Gasteiger partial charge in [-0.3, -0.25) is 0 Å². The summed E-state index contributed by atoms with van der Waals surface area (Å²) < 4.78 is 10.4. The van der Waals surface area contributed by atoms with Gasteiger partial charge in [-0.2, -0.15) is 0 Å². The van der Waals surface area contributed by atoms with Crippen molar-refractivity contribution in [3.8, 4) is 0 Å². The third-order valence-corrected chi connectivity index (χ3v) is 2.21. The molecule has 0 aliphatic rings. The Kier molecular flexibility index (Phi) is 5.22. The van der Waals surface area contributed by atoms with E-state index in [0.29, 0.717) is 13.1 Å². The van der Waals surface area contributed by atoms with Gasteiger partial charge in [0.05, 0.1) is 12.3 Å². The van der Waals surface area contributed by atoms with Crippen molar-refractivity contribution in [2.75, 3.05) is 13.1 Å². The molecule has 0 radical (unpaired) electrons. The van der Waals surface area contributed by atoms with Crippen molar-refractivity contribution in [3.05, 3.63) is 24.2 Å². The first-order valence-electron chi connectivity index (χ1n) is 6.12. The van der Waals surface area contributed by atoms with Gasteiger partial charge in [0.25, 0.3) is 0 Å². The minimum absolute atomic E-state index is 0.125. The van der Waals surface area contributed by atoms with Crippen LogP contribution in [0, 0.1) is 0 Å². The van der Waals surface area contributed by atoms with Crippen LogP contribution in [0.1, 0.15) is 39.5 Å². The molecule has 1 atom stereocenters. The second-order valence-corrected chi connectivity index (χ2v) is 5.12. The van der Waals surface area contributed by atoms with Gasteiger partial charge in [-0.25, -0.2) is 4.79 Å². The molecule has 1 rings (SSSR count). The zero-order chi connectivity index (χ0) is 13.6. The molecule has 102 valence electrons. The Labute approximate surface area is 108 Å². The Balaban J connectivity index is 2.14. The summed E-state index contributed by atoms with van der Waals surface area (Å²) in [6, 6.07) is 3.89. The number of carbonyl (C=O) groups is 1. The minimum Gasteiger partial charge on any atom is -0.468 e. The lowest BCUT2D eigenvalue weighted by molar-refractivity contribution is 0.0528. The predicted molar refractivity (Wildman–Crippen MR) is 69.4 cm³/mol. The summed E-state index contributed by atoms with van der Waals surface area (Å²) in [6.45, 7) is 8.69. The SMILES string of the molecule is CC(NCCNC(=O)OC(C)(C)C)c1ccco1. The van der Waals surface area contributed by atoms with Gasteiger partial charge in [-0.05, 0) is 39.8 Å². The number of amides is 1. The molecular formula is C13H22N2O3. The van der Waals surface area contributed by atoms with Crippen LogP contribution in [0.3, 0.4) is 0 Å². The number of carbonyl (C=O) groups excluding carboxylic acids is 1. The molecule has 0 aliphatic heterocycles. The maximum atomic E-state index is 11.4. The number of ether oxygens (including phenoxy) is 1. The lowest BCUT2D eigenvalue weighted by Gasteiger charge is -2.20. The molecule has 0 saturated carbocycles. The summed E-state index contributed by atoms with van der Waals surface area (Å²) in [7, 11) is 0. The first-order chi connectivity index (χ1) is 8.38. The highest BCUT2D eigenvalue weighted by atomic mass is 16.6. The van der Waals surface area contributed by atoms with Crippen LogP contribution >= 0.6 is 0 Å². The highest BCUT2D eigenvalue weighted by molar-refractivity contribution is 5.67. The summed E-state index contributed by atoms with van der Waals surface area (Å²) in [6.07, 6.45) is 1.25. The molecule has 18 heavy (non-hydrogen) atoms. The van der Waals surface area contributed by atoms with Gasteiger partial charge >= 0.3 is 6.09 Å². The lowest BCUT2D eigenvalue weighted by Crippen LogP contribution is -2.36. The fourth-order valence-electron chi connectivity index (χ4n) is 1.41. The molecule has 1 heterocycles. The smallest absolute Gasteiger partial charge is 0.407 e. The van der Waals surface area contributed by atoms with E-state index in [1.807, 2.05) is 39.8 Å². The monoisotopic (exact) mass is 254 g/mol. The highest BCUT2D eigenvalue weighted by Gasteiger charge is 2.15. The third-order valence-electron chi connectivity index (χ3n) is 2.21. The number of alkyl carbamates (subject to hydrolysis) is 1. The van der Waals surface area contributed by atoms with Crippen molar-refractivity contribution < 1.29 is 13.9 Å². The summed E-state index contributed by atoms with van der Waals surface area (Å²) in [5.74, 6) is 0.882. The third kappa shape index (κ3) is 5.72. The molecule has 0 aromatic carbocycles. The molecule has 2 N–H and O–H groups in total. The van der Waals surface area contributed by atoms with E-state index >= 15 is 0 Å². The molecule has 1 unspecified atom stereocenters. The second kappa shape index (κ2) is 6.44. The van der Waals surface area contributed by atoms with Gasteiger partial charge in [0.1, 0.15) is 11.4 Å². The molecule has 0 spiro atoms. The number of hydrogen-bond donors (Lipinski definition) is 2. The van der Waals surface area contributed by atoms with Gasteiger partial charge in [0.2, 0.25) is 0 Å². The molecule has 5 heteroatoms. The van der Waals surface area contributed by atoms with Crippen LogP contribution in [0.25, 0.3) is 0 Å². The maximum Gasteiger partial charge on any atom is 0.407 e. The average molecular weight is 254 g/mol. The fourth-order valence-corrected chi connectivity index (χ4v) is 1.41. The lowest BCUT2D eigenvalue weighted by atomic mass is 10.2. The maximum absolute atomic E-state index is 11.4. The van der Waals surface area contributed by atoms with E-state index in [4.69, 9.17) is 9.15 Å². The predicted octanol–water partition coefficient (Wildman–Crippen LogP) is 2.45. The topological polar surface area (TPSA) is 63.5 Å². The van der Waals surface area contributed by atoms with Gasteiger partial charge in [-0.1, -0.05) is 0 Å². The minimum atomic E-state index is -0.459. The summed E-state index contributed by atoms with van der Waals surface area (Å²) in [5, 5.41) is 5.92. The van der Waals surface area contributed by atoms with Crippen LogP contribution in [0.5, 0.6) is 0 Å². The van der Waals surface area contributed by atoms with Gasteiger partial charge in [-0.15, -0.1) is 0 Å². The van der Waals surface area contributed by atoms with E-state index in [9.17, 15) is 4.79 Å². The second-order valence-electron chi connectivity index (χ2n) is 5.12. The van der Waals surface area contributed by atoms with E-state index in [2.05, 4.69) is 10.6 Å². The van der Waals surface area contributed by atoms with E-state index in [-0.39, 0.29) is 6.04 Å². The normalized spacial score (nSPS) is 13.1. The van der Waals surface area contributed by atoms with Crippen molar-refractivity contribution in [1.82, 2.24) is 10.6 Å². The van der Waals surface area contributed by atoms with Crippen molar-refractivity contribution in [1.29, 1.82) is 0 Å². The van der Waals surface area contributed by atoms with E-state index in [1.165, 1.54) is 0 Å². The molecule has 0 aliphatic carbocycles. The van der Waals surface area contributed by atoms with Crippen LogP contribution in [0.4, 0.5) is 4.79 Å². The van der Waals surface area contributed by atoms with Crippen LogP contribution in [-0.2, 0) is 4.74 Å². The standard InChI is InChI=1S/C13H22N2O3/c1-10(11-6-5-9-17-11)14-7-8-15-12(16)18-13(2,3)4/h5-6,9-10,14H,7-8H2,1-4H3,(H,15,16). The molecule has 5 nitrogen and oxygen atoms in total. The van der Waals surface area contributed by atoms with Crippen molar-refractivity contribution >= 4 is 6.09 Å². The molecule has 1 amide bonds. The van der Waals surface area contributed by atoms with E-state index < -0.39 is 11.7 Å².